The standard InChI is InChI=1S/C16H16N2O3/c19-16(20)13-5-6-17-15-4-1-10(7-14(13)15)18-8-11-2-3-12(9-18)21-11/h1,4-7,11-12H,2-3,8-9H2,(H,19,20)/t11-,12+. The Labute approximate surface area is 122 Å². The van der Waals surface area contributed by atoms with Crippen molar-refractivity contribution in [3.8, 4) is 0 Å². The first-order valence-corrected chi connectivity index (χ1v) is 7.23. The van der Waals surface area contributed by atoms with Crippen molar-refractivity contribution in [1.29, 1.82) is 0 Å². The summed E-state index contributed by atoms with van der Waals surface area (Å²) in [7, 11) is 0. The summed E-state index contributed by atoms with van der Waals surface area (Å²) in [6.07, 6.45) is 4.41. The van der Waals surface area contributed by atoms with Crippen LogP contribution in [-0.4, -0.2) is 41.4 Å². The van der Waals surface area contributed by atoms with Crippen molar-refractivity contribution in [3.05, 3.63) is 36.0 Å². The molecule has 2 saturated heterocycles. The first kappa shape index (κ1) is 12.6. The average molecular weight is 284 g/mol. The number of aromatic carboxylic acids is 1. The quantitative estimate of drug-likeness (QED) is 0.916. The third kappa shape index (κ3) is 2.14. The zero-order valence-corrected chi connectivity index (χ0v) is 11.5. The Balaban J connectivity index is 1.76. The number of fused-ring (bicyclic) bond motifs is 3. The predicted octanol–water partition coefficient (Wildman–Crippen LogP) is 2.30. The summed E-state index contributed by atoms with van der Waals surface area (Å²) < 4.78 is 5.85. The summed E-state index contributed by atoms with van der Waals surface area (Å²) in [5, 5.41) is 10.0. The monoisotopic (exact) mass is 284 g/mol. The van der Waals surface area contributed by atoms with Crippen LogP contribution in [0.3, 0.4) is 0 Å². The molecule has 0 aliphatic carbocycles. The zero-order valence-electron chi connectivity index (χ0n) is 11.5. The topological polar surface area (TPSA) is 62.7 Å². The number of ether oxygens (including phenoxy) is 1. The number of hydrogen-bond acceptors (Lipinski definition) is 4. The average Bonchev–Trinajstić information content (AvgIpc) is 2.84. The van der Waals surface area contributed by atoms with Crippen LogP contribution in [0.2, 0.25) is 0 Å². The third-order valence-corrected chi connectivity index (χ3v) is 4.36. The number of rotatable bonds is 2. The normalized spacial score (nSPS) is 24.5. The summed E-state index contributed by atoms with van der Waals surface area (Å²) in [5.41, 5.74) is 2.08. The lowest BCUT2D eigenvalue weighted by Gasteiger charge is -2.34. The maximum atomic E-state index is 11.4. The molecular formula is C16H16N2O3. The van der Waals surface area contributed by atoms with E-state index >= 15 is 0 Å². The fraction of sp³-hybridized carbons (Fsp3) is 0.375. The maximum Gasteiger partial charge on any atom is 0.336 e. The number of nitrogens with zero attached hydrogens (tertiary/aromatic N) is 2. The van der Waals surface area contributed by atoms with E-state index in [0.717, 1.165) is 37.1 Å². The highest BCUT2D eigenvalue weighted by Gasteiger charge is 2.33. The predicted molar refractivity (Wildman–Crippen MR) is 78.8 cm³/mol. The Hall–Kier alpha value is -2.14. The molecule has 2 atom stereocenters. The van der Waals surface area contributed by atoms with Crippen molar-refractivity contribution in [2.45, 2.75) is 25.0 Å². The summed E-state index contributed by atoms with van der Waals surface area (Å²) in [4.78, 5) is 17.9. The van der Waals surface area contributed by atoms with Gasteiger partial charge in [0.1, 0.15) is 0 Å². The van der Waals surface area contributed by atoms with E-state index in [2.05, 4.69) is 9.88 Å². The second kappa shape index (κ2) is 4.70. The molecule has 2 fully saturated rings. The molecule has 108 valence electrons. The van der Waals surface area contributed by atoms with E-state index < -0.39 is 5.97 Å². The Morgan fingerprint density at radius 2 is 2.00 bits per heavy atom. The van der Waals surface area contributed by atoms with Gasteiger partial charge in [0.2, 0.25) is 0 Å². The lowest BCUT2D eigenvalue weighted by atomic mass is 10.1. The molecule has 0 radical (unpaired) electrons. The molecule has 3 heterocycles. The molecule has 5 nitrogen and oxygen atoms in total. The van der Waals surface area contributed by atoms with Gasteiger partial charge in [-0.1, -0.05) is 0 Å². The van der Waals surface area contributed by atoms with Crippen molar-refractivity contribution in [2.75, 3.05) is 18.0 Å². The highest BCUT2D eigenvalue weighted by atomic mass is 16.5. The van der Waals surface area contributed by atoms with Crippen LogP contribution in [0.15, 0.2) is 30.5 Å². The molecule has 4 rings (SSSR count). The summed E-state index contributed by atoms with van der Waals surface area (Å²) in [6.45, 7) is 1.76. The molecule has 2 aliphatic rings. The van der Waals surface area contributed by atoms with Gasteiger partial charge in [-0.2, -0.15) is 0 Å². The number of benzene rings is 1. The molecule has 1 aromatic carbocycles. The van der Waals surface area contributed by atoms with Crippen LogP contribution in [0.4, 0.5) is 5.69 Å². The zero-order chi connectivity index (χ0) is 14.4. The second-order valence-electron chi connectivity index (χ2n) is 5.73. The molecule has 0 unspecified atom stereocenters. The van der Waals surface area contributed by atoms with Gasteiger partial charge in [0.05, 0.1) is 23.3 Å². The Kier molecular flexibility index (Phi) is 2.82. The Bertz CT molecular complexity index is 704. The number of aromatic nitrogens is 1. The lowest BCUT2D eigenvalue weighted by molar-refractivity contribution is 0.0305. The fourth-order valence-electron chi connectivity index (χ4n) is 3.34. The summed E-state index contributed by atoms with van der Waals surface area (Å²) in [5.74, 6) is -0.915. The van der Waals surface area contributed by atoms with Gasteiger partial charge in [-0.05, 0) is 37.1 Å². The van der Waals surface area contributed by atoms with E-state index in [1.54, 1.807) is 12.3 Å². The van der Waals surface area contributed by atoms with Gasteiger partial charge >= 0.3 is 5.97 Å². The number of hydrogen-bond donors (Lipinski definition) is 1. The Morgan fingerprint density at radius 3 is 2.71 bits per heavy atom. The molecular weight excluding hydrogens is 268 g/mol. The molecule has 2 bridgehead atoms. The van der Waals surface area contributed by atoms with Crippen LogP contribution in [0.25, 0.3) is 10.9 Å². The Morgan fingerprint density at radius 1 is 1.24 bits per heavy atom. The van der Waals surface area contributed by atoms with Crippen LogP contribution in [0, 0.1) is 0 Å². The van der Waals surface area contributed by atoms with Crippen LogP contribution in [0.1, 0.15) is 23.2 Å². The number of anilines is 1. The third-order valence-electron chi connectivity index (χ3n) is 4.36. The minimum absolute atomic E-state index is 0.304. The van der Waals surface area contributed by atoms with Crippen molar-refractivity contribution in [2.24, 2.45) is 0 Å². The van der Waals surface area contributed by atoms with Crippen molar-refractivity contribution < 1.29 is 14.6 Å². The molecule has 1 aromatic heterocycles. The van der Waals surface area contributed by atoms with Crippen LogP contribution in [-0.2, 0) is 4.74 Å². The van der Waals surface area contributed by atoms with Crippen molar-refractivity contribution in [1.82, 2.24) is 4.98 Å². The van der Waals surface area contributed by atoms with Gasteiger partial charge in [0.25, 0.3) is 0 Å². The van der Waals surface area contributed by atoms with E-state index in [0.29, 0.717) is 23.2 Å². The highest BCUT2D eigenvalue weighted by Crippen LogP contribution is 2.31. The summed E-state index contributed by atoms with van der Waals surface area (Å²) in [6, 6.07) is 7.41. The highest BCUT2D eigenvalue weighted by molar-refractivity contribution is 6.03. The van der Waals surface area contributed by atoms with Gasteiger partial charge in [-0.15, -0.1) is 0 Å². The molecule has 0 amide bonds. The number of morpholine rings is 1. The number of carbonyl (C=O) groups is 1. The lowest BCUT2D eigenvalue weighted by Crippen LogP contribution is -2.42. The van der Waals surface area contributed by atoms with Gasteiger partial charge in [0.15, 0.2) is 0 Å². The summed E-state index contributed by atoms with van der Waals surface area (Å²) >= 11 is 0. The minimum atomic E-state index is -0.915. The van der Waals surface area contributed by atoms with Gasteiger partial charge in [0, 0.05) is 30.4 Å². The SMILES string of the molecule is O=C(O)c1ccnc2ccc(N3C[C@H]4CC[C@@H](C3)O4)cc12. The van der Waals surface area contributed by atoms with Gasteiger partial charge in [-0.25, -0.2) is 4.79 Å². The minimum Gasteiger partial charge on any atom is -0.478 e. The van der Waals surface area contributed by atoms with Crippen LogP contribution >= 0.6 is 0 Å². The molecule has 1 N–H and O–H groups in total. The van der Waals surface area contributed by atoms with Crippen molar-refractivity contribution >= 4 is 22.6 Å². The first-order valence-electron chi connectivity index (χ1n) is 7.23. The van der Waals surface area contributed by atoms with Gasteiger partial charge < -0.3 is 14.7 Å². The number of carboxylic acids is 1. The maximum absolute atomic E-state index is 11.4. The van der Waals surface area contributed by atoms with Crippen LogP contribution in [0.5, 0.6) is 0 Å². The molecule has 21 heavy (non-hydrogen) atoms. The van der Waals surface area contributed by atoms with Gasteiger partial charge in [-0.3, -0.25) is 4.98 Å². The second-order valence-corrected chi connectivity index (χ2v) is 5.73. The molecule has 2 aromatic rings. The van der Waals surface area contributed by atoms with E-state index in [9.17, 15) is 9.90 Å². The van der Waals surface area contributed by atoms with Crippen molar-refractivity contribution in [3.63, 3.8) is 0 Å². The smallest absolute Gasteiger partial charge is 0.336 e. The number of pyridine rings is 1. The van der Waals surface area contributed by atoms with E-state index in [1.807, 2.05) is 18.2 Å². The molecule has 5 heteroatoms. The molecule has 0 saturated carbocycles. The van der Waals surface area contributed by atoms with E-state index in [-0.39, 0.29) is 0 Å². The van der Waals surface area contributed by atoms with Crippen LogP contribution < -0.4 is 4.90 Å². The fourth-order valence-corrected chi connectivity index (χ4v) is 3.34. The van der Waals surface area contributed by atoms with E-state index in [1.165, 1.54) is 0 Å². The largest absolute Gasteiger partial charge is 0.478 e. The first-order chi connectivity index (χ1) is 10.2. The number of carboxylic acid groups (broad SMARTS) is 1. The van der Waals surface area contributed by atoms with E-state index in [4.69, 9.17) is 4.74 Å². The molecule has 0 spiro atoms. The molecule has 2 aliphatic heterocycles.